The van der Waals surface area contributed by atoms with E-state index in [1.54, 1.807) is 23.1 Å². The predicted molar refractivity (Wildman–Crippen MR) is 111 cm³/mol. The molecule has 1 N–H and O–H groups in total. The molecule has 1 fully saturated rings. The number of carbonyl (C=O) groups excluding carboxylic acids is 2. The molecule has 6 nitrogen and oxygen atoms in total. The molecule has 1 aliphatic heterocycles. The molecule has 29 heavy (non-hydrogen) atoms. The third-order valence-electron chi connectivity index (χ3n) is 4.46. The van der Waals surface area contributed by atoms with Crippen LogP contribution in [0.3, 0.4) is 0 Å². The van der Waals surface area contributed by atoms with Crippen LogP contribution >= 0.6 is 0 Å². The molecule has 1 heterocycles. The number of rotatable bonds is 2. The second-order valence-electron chi connectivity index (χ2n) is 7.00. The van der Waals surface area contributed by atoms with Gasteiger partial charge >= 0.3 is 12.0 Å². The number of morpholine rings is 1. The van der Waals surface area contributed by atoms with Crippen molar-refractivity contribution in [1.29, 1.82) is 0 Å². The Morgan fingerprint density at radius 1 is 1.03 bits per heavy atom. The monoisotopic (exact) mass is 392 g/mol. The number of hydrogen-bond donors (Lipinski definition) is 1. The van der Waals surface area contributed by atoms with Crippen LogP contribution in [0, 0.1) is 11.8 Å². The minimum Gasteiger partial charge on any atom is -0.465 e. The summed E-state index contributed by atoms with van der Waals surface area (Å²) in [6.07, 6.45) is 0.0323. The molecule has 0 spiro atoms. The first-order valence-corrected chi connectivity index (χ1v) is 9.46. The Balaban J connectivity index is 1.70. The van der Waals surface area contributed by atoms with Crippen molar-refractivity contribution in [3.63, 3.8) is 0 Å². The van der Waals surface area contributed by atoms with Crippen LogP contribution in [0.25, 0.3) is 0 Å². The average molecular weight is 392 g/mol. The van der Waals surface area contributed by atoms with Gasteiger partial charge in [-0.1, -0.05) is 24.0 Å². The van der Waals surface area contributed by atoms with Crippen LogP contribution in [0.4, 0.5) is 10.5 Å². The Kier molecular flexibility index (Phi) is 6.53. The van der Waals surface area contributed by atoms with Gasteiger partial charge in [-0.25, -0.2) is 9.59 Å². The van der Waals surface area contributed by atoms with Gasteiger partial charge in [0.2, 0.25) is 0 Å². The smallest absolute Gasteiger partial charge is 0.337 e. The Bertz CT molecular complexity index is 951. The molecular weight excluding hydrogens is 368 g/mol. The molecule has 0 aliphatic carbocycles. The van der Waals surface area contributed by atoms with Gasteiger partial charge in [0, 0.05) is 29.9 Å². The summed E-state index contributed by atoms with van der Waals surface area (Å²) < 4.78 is 10.4. The number of anilines is 1. The molecule has 2 aromatic rings. The number of ether oxygens (including phenoxy) is 2. The Morgan fingerprint density at radius 3 is 2.31 bits per heavy atom. The zero-order valence-corrected chi connectivity index (χ0v) is 16.8. The van der Waals surface area contributed by atoms with E-state index in [0.717, 1.165) is 5.56 Å². The Morgan fingerprint density at radius 2 is 1.66 bits per heavy atom. The number of nitrogens with one attached hydrogen (secondary N) is 1. The topological polar surface area (TPSA) is 67.9 Å². The summed E-state index contributed by atoms with van der Waals surface area (Å²) in [7, 11) is 1.35. The van der Waals surface area contributed by atoms with E-state index in [4.69, 9.17) is 9.47 Å². The van der Waals surface area contributed by atoms with Crippen LogP contribution < -0.4 is 5.32 Å². The molecule has 2 amide bonds. The highest BCUT2D eigenvalue weighted by Gasteiger charge is 2.25. The van der Waals surface area contributed by atoms with E-state index in [1.807, 2.05) is 44.2 Å². The predicted octanol–water partition coefficient (Wildman–Crippen LogP) is 3.51. The van der Waals surface area contributed by atoms with Crippen molar-refractivity contribution in [3.05, 3.63) is 65.2 Å². The first-order chi connectivity index (χ1) is 13.9. The van der Waals surface area contributed by atoms with Crippen LogP contribution in [0.2, 0.25) is 0 Å². The van der Waals surface area contributed by atoms with E-state index in [1.165, 1.54) is 7.11 Å². The molecule has 0 bridgehead atoms. The van der Waals surface area contributed by atoms with Crippen LogP contribution in [0.5, 0.6) is 0 Å². The number of urea groups is 1. The second kappa shape index (κ2) is 9.26. The van der Waals surface area contributed by atoms with Crippen LogP contribution in [-0.2, 0) is 9.47 Å². The van der Waals surface area contributed by atoms with Crippen LogP contribution in [0.15, 0.2) is 48.5 Å². The largest absolute Gasteiger partial charge is 0.465 e. The van der Waals surface area contributed by atoms with Gasteiger partial charge in [0.25, 0.3) is 0 Å². The van der Waals surface area contributed by atoms with Crippen molar-refractivity contribution < 1.29 is 19.1 Å². The summed E-state index contributed by atoms with van der Waals surface area (Å²) in [4.78, 5) is 26.0. The van der Waals surface area contributed by atoms with E-state index < -0.39 is 5.97 Å². The van der Waals surface area contributed by atoms with E-state index in [2.05, 4.69) is 17.2 Å². The lowest BCUT2D eigenvalue weighted by molar-refractivity contribution is -0.0530. The number of methoxy groups -OCH3 is 1. The molecule has 3 rings (SSSR count). The zero-order chi connectivity index (χ0) is 20.8. The first kappa shape index (κ1) is 20.4. The fourth-order valence-corrected chi connectivity index (χ4v) is 3.21. The van der Waals surface area contributed by atoms with Crippen molar-refractivity contribution >= 4 is 17.7 Å². The molecule has 0 radical (unpaired) electrons. The summed E-state index contributed by atoms with van der Waals surface area (Å²) in [5, 5.41) is 2.93. The van der Waals surface area contributed by atoms with Gasteiger partial charge in [-0.05, 0) is 50.2 Å². The highest BCUT2D eigenvalue weighted by molar-refractivity contribution is 5.90. The highest BCUT2D eigenvalue weighted by atomic mass is 16.5. The molecular formula is C23H24N2O4. The highest BCUT2D eigenvalue weighted by Crippen LogP contribution is 2.15. The van der Waals surface area contributed by atoms with Crippen LogP contribution in [0.1, 0.15) is 35.3 Å². The number of carbonyl (C=O) groups is 2. The normalized spacial score (nSPS) is 18.4. The maximum atomic E-state index is 12.6. The fraction of sp³-hybridized carbons (Fsp3) is 0.304. The summed E-state index contributed by atoms with van der Waals surface area (Å²) in [5.74, 6) is 5.71. The molecule has 2 atom stereocenters. The van der Waals surface area contributed by atoms with Crippen molar-refractivity contribution in [3.8, 4) is 11.8 Å². The fourth-order valence-electron chi connectivity index (χ4n) is 3.21. The lowest BCUT2D eigenvalue weighted by Crippen LogP contribution is -2.49. The van der Waals surface area contributed by atoms with Crippen molar-refractivity contribution in [1.82, 2.24) is 4.90 Å². The van der Waals surface area contributed by atoms with E-state index in [-0.39, 0.29) is 18.2 Å². The molecule has 0 aromatic heterocycles. The standard InChI is InChI=1S/C23H24N2O4/c1-16-14-25(15-17(2)29-16)23(27)24-21-9-5-7-19(13-21)11-10-18-6-4-8-20(12-18)22(26)28-3/h4-9,12-13,16-17H,14-15H2,1-3H3,(H,24,27). The van der Waals surface area contributed by atoms with Gasteiger partial charge in [-0.15, -0.1) is 0 Å². The van der Waals surface area contributed by atoms with Gasteiger partial charge < -0.3 is 19.7 Å². The number of amides is 2. The number of nitrogens with zero attached hydrogens (tertiary/aromatic N) is 1. The van der Waals surface area contributed by atoms with Gasteiger partial charge in [-0.2, -0.15) is 0 Å². The van der Waals surface area contributed by atoms with Gasteiger partial charge in [-0.3, -0.25) is 0 Å². The SMILES string of the molecule is COC(=O)c1cccc(C#Cc2cccc(NC(=O)N3CC(C)OC(C)C3)c2)c1. The quantitative estimate of drug-likeness (QED) is 0.627. The van der Waals surface area contributed by atoms with Gasteiger partial charge in [0.15, 0.2) is 0 Å². The van der Waals surface area contributed by atoms with Crippen molar-refractivity contribution in [2.45, 2.75) is 26.1 Å². The Labute approximate surface area is 170 Å². The minimum atomic E-state index is -0.398. The van der Waals surface area contributed by atoms with E-state index in [9.17, 15) is 9.59 Å². The lowest BCUT2D eigenvalue weighted by Gasteiger charge is -2.35. The zero-order valence-electron chi connectivity index (χ0n) is 16.8. The molecule has 1 saturated heterocycles. The first-order valence-electron chi connectivity index (χ1n) is 9.46. The van der Waals surface area contributed by atoms with E-state index in [0.29, 0.717) is 29.9 Å². The minimum absolute atomic E-state index is 0.0162. The third-order valence-corrected chi connectivity index (χ3v) is 4.46. The maximum absolute atomic E-state index is 12.6. The summed E-state index contributed by atoms with van der Waals surface area (Å²) >= 11 is 0. The van der Waals surface area contributed by atoms with Crippen molar-refractivity contribution in [2.75, 3.05) is 25.5 Å². The van der Waals surface area contributed by atoms with Crippen molar-refractivity contribution in [2.24, 2.45) is 0 Å². The molecule has 2 unspecified atom stereocenters. The number of benzene rings is 2. The maximum Gasteiger partial charge on any atom is 0.337 e. The second-order valence-corrected chi connectivity index (χ2v) is 7.00. The molecule has 2 aromatic carbocycles. The van der Waals surface area contributed by atoms with E-state index >= 15 is 0 Å². The van der Waals surface area contributed by atoms with Crippen LogP contribution in [-0.4, -0.2) is 49.3 Å². The van der Waals surface area contributed by atoms with Gasteiger partial charge in [0.05, 0.1) is 24.9 Å². The number of hydrogen-bond acceptors (Lipinski definition) is 4. The Hall–Kier alpha value is -3.30. The lowest BCUT2D eigenvalue weighted by atomic mass is 10.1. The molecule has 6 heteroatoms. The third kappa shape index (κ3) is 5.59. The number of esters is 1. The summed E-state index contributed by atoms with van der Waals surface area (Å²) in [6, 6.07) is 14.2. The molecule has 0 saturated carbocycles. The summed E-state index contributed by atoms with van der Waals surface area (Å²) in [6.45, 7) is 5.04. The average Bonchev–Trinajstić information content (AvgIpc) is 2.71. The molecule has 150 valence electrons. The van der Waals surface area contributed by atoms with Gasteiger partial charge in [0.1, 0.15) is 0 Å². The summed E-state index contributed by atoms with van der Waals surface area (Å²) in [5.41, 5.74) is 2.60. The molecule has 1 aliphatic rings.